The fourth-order valence-corrected chi connectivity index (χ4v) is 6.00. The minimum Gasteiger partial charge on any atom is -0.384 e. The minimum atomic E-state index is -0.133. The van der Waals surface area contributed by atoms with Gasteiger partial charge in [0.05, 0.1) is 12.0 Å². The van der Waals surface area contributed by atoms with Crippen molar-refractivity contribution in [1.29, 1.82) is 0 Å². The van der Waals surface area contributed by atoms with Crippen LogP contribution in [0.4, 0.5) is 0 Å². The summed E-state index contributed by atoms with van der Waals surface area (Å²) in [4.78, 5) is 12.6. The molecule has 0 aliphatic heterocycles. The van der Waals surface area contributed by atoms with E-state index < -0.39 is 0 Å². The van der Waals surface area contributed by atoms with Gasteiger partial charge in [0.25, 0.3) is 0 Å². The van der Waals surface area contributed by atoms with E-state index in [4.69, 9.17) is 4.74 Å². The molecule has 4 rings (SSSR count). The number of methoxy groups -OCH3 is 1. The van der Waals surface area contributed by atoms with Crippen LogP contribution in [0.25, 0.3) is 0 Å². The lowest BCUT2D eigenvalue weighted by Gasteiger charge is -2.51. The van der Waals surface area contributed by atoms with Gasteiger partial charge in [-0.15, -0.1) is 0 Å². The first-order valence-corrected chi connectivity index (χ1v) is 8.65. The minimum absolute atomic E-state index is 0.133. The van der Waals surface area contributed by atoms with E-state index in [1.165, 1.54) is 25.7 Å². The average Bonchev–Trinajstić information content (AvgIpc) is 2.85. The Morgan fingerprint density at radius 1 is 1.29 bits per heavy atom. The Balaban J connectivity index is 1.67. The van der Waals surface area contributed by atoms with Crippen LogP contribution in [0.1, 0.15) is 44.9 Å². The molecular formula is C19H26O2. The molecule has 0 amide bonds. The van der Waals surface area contributed by atoms with Crippen LogP contribution in [0, 0.1) is 29.1 Å². The fraction of sp³-hybridized carbons (Fsp3) is 0.737. The number of fused-ring (bicyclic) bond motifs is 5. The summed E-state index contributed by atoms with van der Waals surface area (Å²) in [6.45, 7) is 0.654. The summed E-state index contributed by atoms with van der Waals surface area (Å²) in [5.41, 5.74) is 1.46. The maximum Gasteiger partial charge on any atom is 0.141 e. The zero-order chi connectivity index (χ0) is 14.4. The van der Waals surface area contributed by atoms with Gasteiger partial charge in [0.1, 0.15) is 5.78 Å². The lowest BCUT2D eigenvalue weighted by molar-refractivity contribution is -0.137. The molecule has 0 unspecified atom stereocenters. The maximum atomic E-state index is 12.6. The second-order valence-corrected chi connectivity index (χ2v) is 7.55. The van der Waals surface area contributed by atoms with Gasteiger partial charge in [-0.3, -0.25) is 4.79 Å². The zero-order valence-corrected chi connectivity index (χ0v) is 13.0. The SMILES string of the molecule is COC[C@]12CC[C@H]3[C@@H](CC=C4C=CCC[C@@H]43)[C@@H]1CCC2=O. The van der Waals surface area contributed by atoms with Crippen LogP contribution in [-0.2, 0) is 9.53 Å². The third kappa shape index (κ3) is 1.91. The maximum absolute atomic E-state index is 12.6. The van der Waals surface area contributed by atoms with Crippen molar-refractivity contribution in [2.75, 3.05) is 13.7 Å². The normalized spacial score (nSPS) is 44.8. The summed E-state index contributed by atoms with van der Waals surface area (Å²) in [7, 11) is 1.76. The van der Waals surface area contributed by atoms with Gasteiger partial charge in [-0.1, -0.05) is 18.2 Å². The number of Topliss-reactive ketones (excluding diaryl/α,β-unsaturated/α-hetero) is 1. The van der Waals surface area contributed by atoms with E-state index in [2.05, 4.69) is 18.2 Å². The summed E-state index contributed by atoms with van der Waals surface area (Å²) in [6, 6.07) is 0. The molecule has 0 spiro atoms. The molecule has 0 N–H and O–H groups in total. The summed E-state index contributed by atoms with van der Waals surface area (Å²) < 4.78 is 5.50. The van der Waals surface area contributed by atoms with Crippen molar-refractivity contribution in [3.05, 3.63) is 23.8 Å². The van der Waals surface area contributed by atoms with Gasteiger partial charge >= 0.3 is 0 Å². The van der Waals surface area contributed by atoms with Gasteiger partial charge in [0.15, 0.2) is 0 Å². The lowest BCUT2D eigenvalue weighted by Crippen LogP contribution is -2.49. The van der Waals surface area contributed by atoms with E-state index in [0.717, 1.165) is 37.0 Å². The monoisotopic (exact) mass is 286 g/mol. The van der Waals surface area contributed by atoms with E-state index in [9.17, 15) is 4.79 Å². The van der Waals surface area contributed by atoms with E-state index in [1.807, 2.05) is 0 Å². The molecule has 4 aliphatic rings. The number of rotatable bonds is 2. The molecule has 2 fully saturated rings. The second kappa shape index (κ2) is 5.08. The number of hydrogen-bond acceptors (Lipinski definition) is 2. The van der Waals surface area contributed by atoms with Crippen LogP contribution in [0.2, 0.25) is 0 Å². The van der Waals surface area contributed by atoms with Crippen LogP contribution in [0.15, 0.2) is 23.8 Å². The van der Waals surface area contributed by atoms with Gasteiger partial charge in [-0.25, -0.2) is 0 Å². The molecular weight excluding hydrogens is 260 g/mol. The Kier molecular flexibility index (Phi) is 3.33. The second-order valence-electron chi connectivity index (χ2n) is 7.55. The lowest BCUT2D eigenvalue weighted by atomic mass is 9.53. The van der Waals surface area contributed by atoms with Crippen LogP contribution >= 0.6 is 0 Å². The molecule has 0 heterocycles. The predicted octanol–water partition coefficient (Wildman–Crippen LogP) is 3.92. The molecule has 0 aromatic heterocycles. The van der Waals surface area contributed by atoms with Crippen LogP contribution < -0.4 is 0 Å². The van der Waals surface area contributed by atoms with Crippen molar-refractivity contribution in [1.82, 2.24) is 0 Å². The first kappa shape index (κ1) is 13.8. The third-order valence-corrected chi connectivity index (χ3v) is 6.87. The standard InChI is InChI=1S/C19H26O2/c1-21-12-19-11-10-15-14-5-3-2-4-13(14)6-7-16(15)17(19)8-9-18(19)20/h2,4,6,14-17H,3,5,7-12H2,1H3/t14-,15+,16+,17-,19+/m0/s1. The Hall–Kier alpha value is -0.890. The Morgan fingerprint density at radius 3 is 3.05 bits per heavy atom. The molecule has 2 nitrogen and oxygen atoms in total. The third-order valence-electron chi connectivity index (χ3n) is 6.87. The average molecular weight is 286 g/mol. The Labute approximate surface area is 127 Å². The van der Waals surface area contributed by atoms with Crippen molar-refractivity contribution < 1.29 is 9.53 Å². The quantitative estimate of drug-likeness (QED) is 0.769. The van der Waals surface area contributed by atoms with Crippen molar-refractivity contribution in [2.24, 2.45) is 29.1 Å². The van der Waals surface area contributed by atoms with Gasteiger partial charge < -0.3 is 4.74 Å². The van der Waals surface area contributed by atoms with Crippen molar-refractivity contribution in [3.8, 4) is 0 Å². The molecule has 2 heteroatoms. The van der Waals surface area contributed by atoms with Crippen LogP contribution in [-0.4, -0.2) is 19.5 Å². The van der Waals surface area contributed by atoms with E-state index in [-0.39, 0.29) is 5.41 Å². The highest BCUT2D eigenvalue weighted by Gasteiger charge is 2.57. The molecule has 0 aromatic carbocycles. The highest BCUT2D eigenvalue weighted by molar-refractivity contribution is 5.87. The molecule has 5 atom stereocenters. The van der Waals surface area contributed by atoms with Gasteiger partial charge in [0.2, 0.25) is 0 Å². The number of ether oxygens (including phenoxy) is 1. The van der Waals surface area contributed by atoms with Crippen molar-refractivity contribution in [2.45, 2.75) is 44.9 Å². The van der Waals surface area contributed by atoms with Crippen LogP contribution in [0.5, 0.6) is 0 Å². The van der Waals surface area contributed by atoms with E-state index in [1.54, 1.807) is 12.7 Å². The van der Waals surface area contributed by atoms with Gasteiger partial charge in [-0.2, -0.15) is 0 Å². The van der Waals surface area contributed by atoms with Crippen LogP contribution in [0.3, 0.4) is 0 Å². The molecule has 21 heavy (non-hydrogen) atoms. The number of allylic oxidation sites excluding steroid dienone is 4. The fourth-order valence-electron chi connectivity index (χ4n) is 6.00. The van der Waals surface area contributed by atoms with Crippen molar-refractivity contribution in [3.63, 3.8) is 0 Å². The molecule has 0 bridgehead atoms. The number of carbonyl (C=O) groups is 1. The summed E-state index contributed by atoms with van der Waals surface area (Å²) in [6.07, 6.45) is 15.1. The highest BCUT2D eigenvalue weighted by atomic mass is 16.5. The zero-order valence-electron chi connectivity index (χ0n) is 13.0. The molecule has 0 radical (unpaired) electrons. The molecule has 4 aliphatic carbocycles. The predicted molar refractivity (Wildman–Crippen MR) is 82.8 cm³/mol. The smallest absolute Gasteiger partial charge is 0.141 e. The number of ketones is 1. The first-order chi connectivity index (χ1) is 10.3. The number of hydrogen-bond donors (Lipinski definition) is 0. The van der Waals surface area contributed by atoms with E-state index in [0.29, 0.717) is 18.3 Å². The van der Waals surface area contributed by atoms with Crippen molar-refractivity contribution >= 4 is 5.78 Å². The number of carbonyl (C=O) groups excluding carboxylic acids is 1. The summed E-state index contributed by atoms with van der Waals surface area (Å²) >= 11 is 0. The Morgan fingerprint density at radius 2 is 2.19 bits per heavy atom. The molecule has 2 saturated carbocycles. The first-order valence-electron chi connectivity index (χ1n) is 8.65. The highest BCUT2D eigenvalue weighted by Crippen LogP contribution is 2.59. The van der Waals surface area contributed by atoms with E-state index >= 15 is 0 Å². The molecule has 0 saturated heterocycles. The molecule has 114 valence electrons. The summed E-state index contributed by atoms with van der Waals surface area (Å²) in [5.74, 6) is 3.37. The Bertz CT molecular complexity index is 504. The van der Waals surface area contributed by atoms with Gasteiger partial charge in [0, 0.05) is 13.5 Å². The van der Waals surface area contributed by atoms with Gasteiger partial charge in [-0.05, 0) is 67.8 Å². The largest absolute Gasteiger partial charge is 0.384 e. The topological polar surface area (TPSA) is 26.3 Å². The summed E-state index contributed by atoms with van der Waals surface area (Å²) in [5, 5.41) is 0. The molecule has 0 aromatic rings.